The van der Waals surface area contributed by atoms with Crippen molar-refractivity contribution in [1.82, 2.24) is 4.90 Å². The normalized spacial score (nSPS) is 19.2. The molecule has 0 bridgehead atoms. The lowest BCUT2D eigenvalue weighted by atomic mass is 10.2. The lowest BCUT2D eigenvalue weighted by molar-refractivity contribution is -0.127. The first-order valence-electron chi connectivity index (χ1n) is 5.93. The van der Waals surface area contributed by atoms with Crippen molar-refractivity contribution in [1.29, 1.82) is 0 Å². The number of carbonyl (C=O) groups is 1. The predicted molar refractivity (Wildman–Crippen MR) is 74.8 cm³/mol. The van der Waals surface area contributed by atoms with Crippen LogP contribution in [0.2, 0.25) is 5.02 Å². The summed E-state index contributed by atoms with van der Waals surface area (Å²) in [5, 5.41) is 10.1. The van der Waals surface area contributed by atoms with Crippen LogP contribution in [0.4, 0.5) is 0 Å². The van der Waals surface area contributed by atoms with E-state index in [4.69, 9.17) is 11.6 Å². The number of nitrogens with zero attached hydrogens (tertiary/aromatic N) is 1. The van der Waals surface area contributed by atoms with E-state index in [1.54, 1.807) is 16.7 Å². The largest absolute Gasteiger partial charge is 0.391 e. The topological polar surface area (TPSA) is 40.5 Å². The van der Waals surface area contributed by atoms with E-state index in [2.05, 4.69) is 0 Å². The summed E-state index contributed by atoms with van der Waals surface area (Å²) in [6.45, 7) is 1.16. The van der Waals surface area contributed by atoms with Gasteiger partial charge in [-0.3, -0.25) is 4.79 Å². The molecule has 1 N–H and O–H groups in total. The van der Waals surface area contributed by atoms with Crippen molar-refractivity contribution in [2.45, 2.75) is 18.3 Å². The number of benzene rings is 1. The van der Waals surface area contributed by atoms with Crippen LogP contribution in [0.25, 0.3) is 0 Å². The van der Waals surface area contributed by atoms with Crippen LogP contribution >= 0.6 is 23.4 Å². The van der Waals surface area contributed by atoms with Gasteiger partial charge in [0.1, 0.15) is 0 Å². The average Bonchev–Trinajstić information content (AvgIpc) is 2.76. The van der Waals surface area contributed by atoms with Gasteiger partial charge in [-0.05, 0) is 24.1 Å². The first kappa shape index (κ1) is 13.7. The number of hydrogen-bond acceptors (Lipinski definition) is 3. The summed E-state index contributed by atoms with van der Waals surface area (Å²) in [5.74, 6) is 1.35. The zero-order valence-electron chi connectivity index (χ0n) is 10.0. The van der Waals surface area contributed by atoms with Crippen LogP contribution in [0, 0.1) is 0 Å². The molecule has 1 aromatic rings. The molecule has 2 rings (SSSR count). The summed E-state index contributed by atoms with van der Waals surface area (Å²) in [4.78, 5) is 13.5. The molecule has 1 unspecified atom stereocenters. The van der Waals surface area contributed by atoms with Gasteiger partial charge in [-0.15, -0.1) is 11.8 Å². The number of likely N-dealkylation sites (tertiary alicyclic amines) is 1. The highest BCUT2D eigenvalue weighted by Gasteiger charge is 2.23. The van der Waals surface area contributed by atoms with E-state index in [9.17, 15) is 9.90 Å². The molecule has 18 heavy (non-hydrogen) atoms. The number of halogens is 1. The average molecular weight is 286 g/mol. The molecule has 1 heterocycles. The Morgan fingerprint density at radius 3 is 3.06 bits per heavy atom. The highest BCUT2D eigenvalue weighted by atomic mass is 35.5. The molecule has 1 aliphatic rings. The van der Waals surface area contributed by atoms with Crippen molar-refractivity contribution in [3.05, 3.63) is 34.9 Å². The number of amides is 1. The molecule has 0 aromatic heterocycles. The predicted octanol–water partition coefficient (Wildman–Crippen LogP) is 2.17. The molecule has 98 valence electrons. The third-order valence-corrected chi connectivity index (χ3v) is 4.12. The van der Waals surface area contributed by atoms with E-state index in [0.717, 1.165) is 16.3 Å². The third-order valence-electron chi connectivity index (χ3n) is 2.90. The maximum Gasteiger partial charge on any atom is 0.232 e. The van der Waals surface area contributed by atoms with Gasteiger partial charge in [0, 0.05) is 23.9 Å². The quantitative estimate of drug-likeness (QED) is 0.922. The van der Waals surface area contributed by atoms with E-state index in [0.29, 0.717) is 25.3 Å². The van der Waals surface area contributed by atoms with Crippen LogP contribution in [-0.4, -0.2) is 40.9 Å². The van der Waals surface area contributed by atoms with Crippen molar-refractivity contribution in [2.24, 2.45) is 0 Å². The van der Waals surface area contributed by atoms with Gasteiger partial charge in [0.15, 0.2) is 0 Å². The number of thioether (sulfide) groups is 1. The molecule has 1 aliphatic heterocycles. The molecule has 1 saturated heterocycles. The molecule has 1 atom stereocenters. The molecular weight excluding hydrogens is 270 g/mol. The molecular formula is C13H16ClNO2S. The molecule has 3 nitrogen and oxygen atoms in total. The first-order chi connectivity index (χ1) is 8.65. The van der Waals surface area contributed by atoms with E-state index >= 15 is 0 Å². The van der Waals surface area contributed by atoms with Crippen molar-refractivity contribution in [3.8, 4) is 0 Å². The Hall–Kier alpha value is -0.710. The molecule has 0 aliphatic carbocycles. The molecule has 0 radical (unpaired) electrons. The van der Waals surface area contributed by atoms with Crippen LogP contribution in [-0.2, 0) is 10.5 Å². The lowest BCUT2D eigenvalue weighted by Crippen LogP contribution is -2.30. The second-order valence-electron chi connectivity index (χ2n) is 4.40. The summed E-state index contributed by atoms with van der Waals surface area (Å²) in [7, 11) is 0. The smallest absolute Gasteiger partial charge is 0.232 e. The van der Waals surface area contributed by atoms with Crippen LogP contribution in [0.5, 0.6) is 0 Å². The maximum atomic E-state index is 11.8. The third kappa shape index (κ3) is 3.90. The molecule has 1 amide bonds. The highest BCUT2D eigenvalue weighted by Crippen LogP contribution is 2.18. The molecule has 5 heteroatoms. The summed E-state index contributed by atoms with van der Waals surface area (Å²) in [6, 6.07) is 7.67. The van der Waals surface area contributed by atoms with E-state index in [-0.39, 0.29) is 12.0 Å². The zero-order chi connectivity index (χ0) is 13.0. The van der Waals surface area contributed by atoms with Crippen molar-refractivity contribution >= 4 is 29.3 Å². The maximum absolute atomic E-state index is 11.8. The SMILES string of the molecule is O=C(CSCc1cccc(Cl)c1)N1CCC(O)C1. The number of aliphatic hydroxyl groups is 1. The molecule has 0 saturated carbocycles. The lowest BCUT2D eigenvalue weighted by Gasteiger charge is -2.15. The first-order valence-corrected chi connectivity index (χ1v) is 7.46. The van der Waals surface area contributed by atoms with Crippen LogP contribution in [0.3, 0.4) is 0 Å². The van der Waals surface area contributed by atoms with Crippen LogP contribution < -0.4 is 0 Å². The summed E-state index contributed by atoms with van der Waals surface area (Å²) < 4.78 is 0. The number of rotatable bonds is 4. The van der Waals surface area contributed by atoms with Gasteiger partial charge in [0.05, 0.1) is 11.9 Å². The monoisotopic (exact) mass is 285 g/mol. The second-order valence-corrected chi connectivity index (χ2v) is 5.83. The number of aliphatic hydroxyl groups excluding tert-OH is 1. The van der Waals surface area contributed by atoms with Gasteiger partial charge in [0.2, 0.25) is 5.91 Å². The standard InChI is InChI=1S/C13H16ClNO2S/c14-11-3-1-2-10(6-11)8-18-9-13(17)15-5-4-12(16)7-15/h1-3,6,12,16H,4-5,7-9H2. The number of carbonyl (C=O) groups excluding carboxylic acids is 1. The van der Waals surface area contributed by atoms with Crippen molar-refractivity contribution < 1.29 is 9.90 Å². The minimum atomic E-state index is -0.341. The Morgan fingerprint density at radius 1 is 1.56 bits per heavy atom. The van der Waals surface area contributed by atoms with E-state index in [1.807, 2.05) is 24.3 Å². The Labute approximate surface area is 116 Å². The van der Waals surface area contributed by atoms with Gasteiger partial charge in [0.25, 0.3) is 0 Å². The molecule has 0 spiro atoms. The number of hydrogen-bond donors (Lipinski definition) is 1. The summed E-state index contributed by atoms with van der Waals surface area (Å²) >= 11 is 7.47. The van der Waals surface area contributed by atoms with Gasteiger partial charge in [-0.1, -0.05) is 23.7 Å². The fourth-order valence-corrected chi connectivity index (χ4v) is 3.03. The minimum Gasteiger partial charge on any atom is -0.391 e. The summed E-state index contributed by atoms with van der Waals surface area (Å²) in [6.07, 6.45) is 0.358. The Morgan fingerprint density at radius 2 is 2.39 bits per heavy atom. The highest BCUT2D eigenvalue weighted by molar-refractivity contribution is 7.99. The van der Waals surface area contributed by atoms with Gasteiger partial charge in [-0.2, -0.15) is 0 Å². The van der Waals surface area contributed by atoms with Crippen LogP contribution in [0.15, 0.2) is 24.3 Å². The second kappa shape index (κ2) is 6.45. The Bertz CT molecular complexity index is 427. The fraction of sp³-hybridized carbons (Fsp3) is 0.462. The van der Waals surface area contributed by atoms with E-state index in [1.165, 1.54) is 0 Å². The zero-order valence-corrected chi connectivity index (χ0v) is 11.6. The van der Waals surface area contributed by atoms with Gasteiger partial charge < -0.3 is 10.0 Å². The van der Waals surface area contributed by atoms with E-state index < -0.39 is 0 Å². The minimum absolute atomic E-state index is 0.110. The fourth-order valence-electron chi connectivity index (χ4n) is 1.94. The van der Waals surface area contributed by atoms with Crippen LogP contribution in [0.1, 0.15) is 12.0 Å². The van der Waals surface area contributed by atoms with Crippen molar-refractivity contribution in [2.75, 3.05) is 18.8 Å². The molecule has 1 aromatic carbocycles. The summed E-state index contributed by atoms with van der Waals surface area (Å²) in [5.41, 5.74) is 1.13. The van der Waals surface area contributed by atoms with Gasteiger partial charge in [-0.25, -0.2) is 0 Å². The molecule has 1 fully saturated rings. The van der Waals surface area contributed by atoms with Crippen molar-refractivity contribution in [3.63, 3.8) is 0 Å². The number of β-amino-alcohol motifs (C(OH)–C–C–N with tert-alkyl or cyclic N) is 1. The van der Waals surface area contributed by atoms with Gasteiger partial charge >= 0.3 is 0 Å². The Balaban J connectivity index is 1.73. The Kier molecular flexibility index (Phi) is 4.92.